The van der Waals surface area contributed by atoms with Crippen LogP contribution < -0.4 is 0 Å². The molecule has 0 saturated heterocycles. The van der Waals surface area contributed by atoms with Gasteiger partial charge in [0.1, 0.15) is 19.3 Å². The van der Waals surface area contributed by atoms with Crippen molar-refractivity contribution in [2.45, 2.75) is 317 Å². The van der Waals surface area contributed by atoms with E-state index in [1.807, 2.05) is 0 Å². The third-order valence-corrected chi connectivity index (χ3v) is 16.2. The van der Waals surface area contributed by atoms with Gasteiger partial charge in [0.15, 0.2) is 12.2 Å². The molecule has 0 aliphatic carbocycles. The van der Waals surface area contributed by atoms with Crippen LogP contribution in [-0.2, 0) is 65.4 Å². The third-order valence-electron chi connectivity index (χ3n) is 14.3. The summed E-state index contributed by atoms with van der Waals surface area (Å²) in [5, 5.41) is 10.5. The van der Waals surface area contributed by atoms with Crippen molar-refractivity contribution in [3.8, 4) is 0 Å². The fraction of sp³-hybridized carbons (Fsp3) is 0.877. The molecule has 0 fully saturated rings. The largest absolute Gasteiger partial charge is 0.472 e. The van der Waals surface area contributed by atoms with Gasteiger partial charge < -0.3 is 33.8 Å². The number of allylic oxidation sites excluding steroid dienone is 4. The number of ether oxygens (including phenoxy) is 4. The van der Waals surface area contributed by atoms with E-state index in [-0.39, 0.29) is 25.7 Å². The number of unbranched alkanes of at least 4 members (excludes halogenated alkanes) is 29. The van der Waals surface area contributed by atoms with Crippen LogP contribution in [0.1, 0.15) is 298 Å². The summed E-state index contributed by atoms with van der Waals surface area (Å²) in [7, 11) is -9.90. The number of aliphatic hydroxyl groups is 1. The second kappa shape index (κ2) is 57.0. The lowest BCUT2D eigenvalue weighted by molar-refractivity contribution is -0.161. The molecule has 3 N–H and O–H groups in total. The van der Waals surface area contributed by atoms with Gasteiger partial charge in [0, 0.05) is 25.7 Å². The van der Waals surface area contributed by atoms with Crippen molar-refractivity contribution in [1.29, 1.82) is 0 Å². The van der Waals surface area contributed by atoms with Gasteiger partial charge in [-0.15, -0.1) is 0 Å². The quantitative estimate of drug-likeness (QED) is 0.0169. The SMILES string of the molecule is CCCCCC/C=C\C=C/CCCCCCCC(=O)O[C@H](COC(=O)CCCCCCCCCC(C)C)COP(=O)(O)OC[C@@H](O)COP(=O)(O)OC[C@@H](COC(=O)CCCCCCCCC(C)C)OC(=O)CCCCCCCCCCCC. The highest BCUT2D eigenvalue weighted by Crippen LogP contribution is 2.45. The number of phosphoric acid groups is 2. The first-order valence-corrected chi connectivity index (χ1v) is 36.3. The Balaban J connectivity index is 5.27. The van der Waals surface area contributed by atoms with Crippen molar-refractivity contribution in [1.82, 2.24) is 0 Å². The van der Waals surface area contributed by atoms with E-state index in [9.17, 15) is 43.2 Å². The molecule has 494 valence electrons. The number of esters is 4. The van der Waals surface area contributed by atoms with Gasteiger partial charge in [-0.05, 0) is 63.2 Å². The van der Waals surface area contributed by atoms with Crippen LogP contribution in [0, 0.1) is 11.8 Å². The average Bonchev–Trinajstić information content (AvgIpc) is 3.60. The molecule has 0 spiro atoms. The van der Waals surface area contributed by atoms with E-state index in [2.05, 4.69) is 65.8 Å². The highest BCUT2D eigenvalue weighted by molar-refractivity contribution is 7.47. The van der Waals surface area contributed by atoms with Gasteiger partial charge in [0.05, 0.1) is 26.4 Å². The molecule has 0 radical (unpaired) electrons. The van der Waals surface area contributed by atoms with Crippen LogP contribution in [0.5, 0.6) is 0 Å². The van der Waals surface area contributed by atoms with E-state index in [1.165, 1.54) is 89.9 Å². The number of hydrogen-bond acceptors (Lipinski definition) is 15. The Hall–Kier alpha value is -2.46. The molecule has 17 nitrogen and oxygen atoms in total. The minimum absolute atomic E-state index is 0.0838. The molecule has 0 aromatic heterocycles. The average molecular weight is 1240 g/mol. The highest BCUT2D eigenvalue weighted by atomic mass is 31.2. The predicted molar refractivity (Wildman–Crippen MR) is 335 cm³/mol. The van der Waals surface area contributed by atoms with Crippen LogP contribution >= 0.6 is 15.6 Å². The van der Waals surface area contributed by atoms with Crippen LogP contribution in [0.4, 0.5) is 0 Å². The normalized spacial score (nSPS) is 14.5. The number of phosphoric ester groups is 2. The lowest BCUT2D eigenvalue weighted by atomic mass is 10.0. The predicted octanol–water partition coefficient (Wildman–Crippen LogP) is 17.6. The topological polar surface area (TPSA) is 237 Å². The molecule has 2 unspecified atom stereocenters. The van der Waals surface area contributed by atoms with Gasteiger partial charge in [-0.3, -0.25) is 37.3 Å². The Morgan fingerprint density at radius 1 is 0.369 bits per heavy atom. The smallest absolute Gasteiger partial charge is 0.462 e. The van der Waals surface area contributed by atoms with E-state index in [0.717, 1.165) is 116 Å². The van der Waals surface area contributed by atoms with E-state index >= 15 is 0 Å². The summed E-state index contributed by atoms with van der Waals surface area (Å²) in [5.41, 5.74) is 0. The number of carbonyl (C=O) groups excluding carboxylic acids is 4. The Kier molecular flexibility index (Phi) is 55.3. The van der Waals surface area contributed by atoms with E-state index in [0.29, 0.717) is 37.5 Å². The van der Waals surface area contributed by atoms with Crippen molar-refractivity contribution >= 4 is 39.5 Å². The molecular formula is C65H122O17P2. The molecule has 0 bridgehead atoms. The highest BCUT2D eigenvalue weighted by Gasteiger charge is 2.30. The summed E-state index contributed by atoms with van der Waals surface area (Å²) >= 11 is 0. The number of aliphatic hydroxyl groups excluding tert-OH is 1. The van der Waals surface area contributed by atoms with Crippen LogP contribution in [-0.4, -0.2) is 96.7 Å². The Labute approximate surface area is 510 Å². The zero-order chi connectivity index (χ0) is 62.2. The Morgan fingerprint density at radius 3 is 0.976 bits per heavy atom. The van der Waals surface area contributed by atoms with Gasteiger partial charge in [-0.1, -0.05) is 246 Å². The van der Waals surface area contributed by atoms with E-state index in [4.69, 9.17) is 37.0 Å². The van der Waals surface area contributed by atoms with Gasteiger partial charge >= 0.3 is 39.5 Å². The molecule has 0 saturated carbocycles. The maximum absolute atomic E-state index is 13.0. The minimum Gasteiger partial charge on any atom is -0.462 e. The van der Waals surface area contributed by atoms with Gasteiger partial charge in [-0.25, -0.2) is 9.13 Å². The van der Waals surface area contributed by atoms with Crippen LogP contribution in [0.2, 0.25) is 0 Å². The zero-order valence-electron chi connectivity index (χ0n) is 53.7. The summed E-state index contributed by atoms with van der Waals surface area (Å²) in [4.78, 5) is 72.2. The molecule has 19 heteroatoms. The summed E-state index contributed by atoms with van der Waals surface area (Å²) < 4.78 is 67.9. The van der Waals surface area contributed by atoms with Crippen molar-refractivity contribution in [2.24, 2.45) is 11.8 Å². The molecule has 0 amide bonds. The van der Waals surface area contributed by atoms with E-state index in [1.54, 1.807) is 0 Å². The van der Waals surface area contributed by atoms with Gasteiger partial charge in [-0.2, -0.15) is 0 Å². The summed E-state index contributed by atoms with van der Waals surface area (Å²) in [6.07, 6.45) is 42.7. The van der Waals surface area contributed by atoms with Crippen molar-refractivity contribution < 1.29 is 80.2 Å². The van der Waals surface area contributed by atoms with Crippen molar-refractivity contribution in [2.75, 3.05) is 39.6 Å². The monoisotopic (exact) mass is 1240 g/mol. The van der Waals surface area contributed by atoms with Crippen LogP contribution in [0.25, 0.3) is 0 Å². The number of carbonyl (C=O) groups is 4. The fourth-order valence-corrected chi connectivity index (χ4v) is 10.7. The first-order valence-electron chi connectivity index (χ1n) is 33.3. The zero-order valence-corrected chi connectivity index (χ0v) is 55.5. The third kappa shape index (κ3) is 58.6. The Morgan fingerprint density at radius 2 is 0.643 bits per heavy atom. The molecule has 0 rings (SSSR count). The molecule has 5 atom stereocenters. The molecule has 0 aromatic rings. The van der Waals surface area contributed by atoms with Gasteiger partial charge in [0.2, 0.25) is 0 Å². The molecule has 84 heavy (non-hydrogen) atoms. The summed E-state index contributed by atoms with van der Waals surface area (Å²) in [6, 6.07) is 0. The molecule has 0 aliphatic heterocycles. The number of hydrogen-bond donors (Lipinski definition) is 3. The molecule has 0 aliphatic rings. The van der Waals surface area contributed by atoms with Gasteiger partial charge in [0.25, 0.3) is 0 Å². The summed E-state index contributed by atoms with van der Waals surface area (Å²) in [6.45, 7) is 9.28. The second-order valence-corrected chi connectivity index (χ2v) is 26.7. The number of rotatable bonds is 62. The van der Waals surface area contributed by atoms with Crippen LogP contribution in [0.15, 0.2) is 24.3 Å². The maximum atomic E-state index is 13.0. The minimum atomic E-state index is -4.95. The first-order chi connectivity index (χ1) is 40.4. The maximum Gasteiger partial charge on any atom is 0.472 e. The van der Waals surface area contributed by atoms with Crippen LogP contribution in [0.3, 0.4) is 0 Å². The molecule has 0 aromatic carbocycles. The summed E-state index contributed by atoms with van der Waals surface area (Å²) in [5.74, 6) is -0.786. The van der Waals surface area contributed by atoms with E-state index < -0.39 is 97.5 Å². The molecular weight excluding hydrogens is 1110 g/mol. The molecule has 0 heterocycles. The lowest BCUT2D eigenvalue weighted by Gasteiger charge is -2.21. The fourth-order valence-electron chi connectivity index (χ4n) is 9.17. The van der Waals surface area contributed by atoms with Crippen molar-refractivity contribution in [3.05, 3.63) is 24.3 Å². The lowest BCUT2D eigenvalue weighted by Crippen LogP contribution is -2.30. The first kappa shape index (κ1) is 81.5. The standard InChI is InChI=1S/C65H122O17P2/c1-7-9-11-13-15-17-19-20-21-22-23-25-29-38-44-50-65(70)81-60(53-75-62(67)47-41-35-30-26-27-33-39-45-57(3)4)55-79-83(71,72)77-51-59(66)52-78-84(73,74)80-56-61(54-76-63(68)48-42-36-32-31-34-40-46-58(5)6)82-64(69)49-43-37-28-24-18-16-14-12-10-8-2/h17,19-21,57-61,66H,7-16,18,22-56H2,1-6H3,(H,71,72)(H,73,74)/b19-17-,21-20-/t59-,60-,61-/m1/s1. The Bertz CT molecular complexity index is 1740. The second-order valence-electron chi connectivity index (χ2n) is 23.8. The van der Waals surface area contributed by atoms with Crippen molar-refractivity contribution in [3.63, 3.8) is 0 Å².